The molecule has 0 radical (unpaired) electrons. The van der Waals surface area contributed by atoms with Gasteiger partial charge < -0.3 is 75.2 Å². The number of aliphatic hydroxyl groups excluding tert-OH is 1. The number of rotatable bonds is 21. The van der Waals surface area contributed by atoms with E-state index < -0.39 is 54.1 Å². The number of aliphatic hydroxyl groups is 1. The topological polar surface area (TPSA) is 282 Å². The van der Waals surface area contributed by atoms with Gasteiger partial charge in [0.05, 0.1) is 82.2 Å². The number of fused-ring (bicyclic) bond motifs is 4. The van der Waals surface area contributed by atoms with Crippen LogP contribution in [0.1, 0.15) is 97.1 Å². The van der Waals surface area contributed by atoms with E-state index in [2.05, 4.69) is 21.3 Å². The highest BCUT2D eigenvalue weighted by Gasteiger charge is 2.58. The van der Waals surface area contributed by atoms with Crippen LogP contribution >= 0.6 is 0 Å². The third-order valence-electron chi connectivity index (χ3n) is 16.5. The molecular formula is C61H73N9O14. The zero-order valence-electron chi connectivity index (χ0n) is 47.9. The van der Waals surface area contributed by atoms with Gasteiger partial charge in [0.15, 0.2) is 29.2 Å². The monoisotopic (exact) mass is 1160 g/mol. The molecule has 84 heavy (non-hydrogen) atoms. The summed E-state index contributed by atoms with van der Waals surface area (Å²) in [6.07, 6.45) is 4.20. The summed E-state index contributed by atoms with van der Waals surface area (Å²) in [6.45, 7) is 4.63. The van der Waals surface area contributed by atoms with Crippen LogP contribution in [0.5, 0.6) is 28.7 Å². The largest absolute Gasteiger partial charge is 0.497 e. The van der Waals surface area contributed by atoms with Crippen molar-refractivity contribution in [1.29, 1.82) is 0 Å². The van der Waals surface area contributed by atoms with Crippen molar-refractivity contribution in [2.24, 2.45) is 17.1 Å². The minimum absolute atomic E-state index is 0.0216. The molecule has 6 aliphatic rings. The molecule has 1 spiro atoms. The van der Waals surface area contributed by atoms with E-state index >= 15 is 0 Å². The second-order valence-corrected chi connectivity index (χ2v) is 22.6. The lowest BCUT2D eigenvalue weighted by Crippen LogP contribution is -2.53. The minimum Gasteiger partial charge on any atom is -0.497 e. The SMILES string of the molecule is COc1ccc(C2=CN3C(=O)c4cc(OC)c(OCCCOc5cc6c(cc5OC)C(=O)N5CC7(CC7)C[C@H]5C(O)N6C(=O)OCc5ccc(NC(=O)C(CC(C)C)NC(=O)[C@@H]6CCCN6C(=O)CNC(=O)CN)cc5)cc4NC[C@@H]3C2)cc1. The molecule has 3 fully saturated rings. The lowest BCUT2D eigenvalue weighted by atomic mass is 10.0. The van der Waals surface area contributed by atoms with Crippen molar-refractivity contribution in [2.45, 2.75) is 102 Å². The second kappa shape index (κ2) is 25.1. The first-order chi connectivity index (χ1) is 40.5. The molecule has 23 nitrogen and oxygen atoms in total. The number of carbonyl (C=O) groups is 7. The molecule has 1 aliphatic carbocycles. The predicted molar refractivity (Wildman–Crippen MR) is 309 cm³/mol. The molecule has 2 saturated heterocycles. The second-order valence-electron chi connectivity index (χ2n) is 22.6. The molecular weight excluding hydrogens is 1080 g/mol. The van der Waals surface area contributed by atoms with Crippen molar-refractivity contribution >= 4 is 64.2 Å². The lowest BCUT2D eigenvalue weighted by molar-refractivity contribution is -0.139. The number of anilines is 3. The van der Waals surface area contributed by atoms with Crippen molar-refractivity contribution in [2.75, 3.05) is 82.8 Å². The molecule has 0 bridgehead atoms. The van der Waals surface area contributed by atoms with Crippen LogP contribution in [0.4, 0.5) is 21.9 Å². The zero-order chi connectivity index (χ0) is 59.4. The van der Waals surface area contributed by atoms with Crippen LogP contribution < -0.4 is 55.6 Å². The Bertz CT molecular complexity index is 3200. The Kier molecular flexibility index (Phi) is 17.5. The Morgan fingerprint density at radius 3 is 2.23 bits per heavy atom. The van der Waals surface area contributed by atoms with E-state index in [1.54, 1.807) is 53.3 Å². The van der Waals surface area contributed by atoms with Crippen LogP contribution in [-0.4, -0.2) is 159 Å². The van der Waals surface area contributed by atoms with Gasteiger partial charge in [0.2, 0.25) is 23.6 Å². The van der Waals surface area contributed by atoms with Gasteiger partial charge in [0, 0.05) is 50.1 Å². The summed E-state index contributed by atoms with van der Waals surface area (Å²) < 4.78 is 35.2. The maximum absolute atomic E-state index is 14.5. The first-order valence-electron chi connectivity index (χ1n) is 28.5. The molecule has 2 unspecified atom stereocenters. The first-order valence-corrected chi connectivity index (χ1v) is 28.5. The molecule has 5 atom stereocenters. The Morgan fingerprint density at radius 2 is 1.56 bits per heavy atom. The van der Waals surface area contributed by atoms with E-state index in [9.17, 15) is 38.7 Å². The van der Waals surface area contributed by atoms with E-state index in [1.807, 2.05) is 44.3 Å². The smallest absolute Gasteiger partial charge is 0.416 e. The summed E-state index contributed by atoms with van der Waals surface area (Å²) >= 11 is 0. The summed E-state index contributed by atoms with van der Waals surface area (Å²) in [5.74, 6) is -0.328. The summed E-state index contributed by atoms with van der Waals surface area (Å²) in [4.78, 5) is 101. The molecule has 5 heterocycles. The standard InChI is InChI=1S/C61H73N9O14/c1-35(2)22-45(66-56(74)46-8-6-19-67(46)54(72)31-64-53(71)29-62)55(73)65-39-13-9-36(10-14-39)33-84-60(78)70-47-27-52(50(81-5)25-43(47)58(76)69-34-61(17-18-61)28-48(69)59(70)77)83-21-7-20-82-51-26-44-42(24-49(51)80-4)57(75)68-32-38(23-40(68)30-63-44)37-11-15-41(79-3)16-12-37/h9-16,24-27,32,35,40,45-46,48,59,63,77H,6-8,17-23,28-31,33-34,62H2,1-5H3,(H,64,71)(H,65,73)(H,66,74)/t40-,45?,46-,48-,59?/m0/s1. The van der Waals surface area contributed by atoms with Crippen molar-refractivity contribution in [3.8, 4) is 28.7 Å². The number of benzene rings is 4. The van der Waals surface area contributed by atoms with Gasteiger partial charge in [-0.1, -0.05) is 38.1 Å². The van der Waals surface area contributed by atoms with Crippen LogP contribution in [0, 0.1) is 11.3 Å². The number of ether oxygens (including phenoxy) is 6. The highest BCUT2D eigenvalue weighted by atomic mass is 16.6. The molecule has 446 valence electrons. The fourth-order valence-corrected chi connectivity index (χ4v) is 11.8. The molecule has 5 aliphatic heterocycles. The Morgan fingerprint density at radius 1 is 0.857 bits per heavy atom. The third kappa shape index (κ3) is 12.5. The number of nitrogens with one attached hydrogen (secondary N) is 4. The van der Waals surface area contributed by atoms with Crippen molar-refractivity contribution in [3.63, 3.8) is 0 Å². The molecule has 23 heteroatoms. The lowest BCUT2D eigenvalue weighted by Gasteiger charge is -2.31. The van der Waals surface area contributed by atoms with E-state index in [0.29, 0.717) is 92.2 Å². The van der Waals surface area contributed by atoms with E-state index in [1.165, 1.54) is 31.3 Å². The summed E-state index contributed by atoms with van der Waals surface area (Å²) in [7, 11) is 4.59. The van der Waals surface area contributed by atoms with Crippen LogP contribution in [0.2, 0.25) is 0 Å². The molecule has 4 aromatic rings. The third-order valence-corrected chi connectivity index (χ3v) is 16.5. The molecule has 7 amide bonds. The van der Waals surface area contributed by atoms with E-state index in [-0.39, 0.29) is 84.8 Å². The summed E-state index contributed by atoms with van der Waals surface area (Å²) in [6, 6.07) is 18.3. The summed E-state index contributed by atoms with van der Waals surface area (Å²) in [5.41, 5.74) is 9.54. The number of nitrogens with zero attached hydrogens (tertiary/aromatic N) is 4. The molecule has 4 aromatic carbocycles. The number of amides is 7. The fraction of sp³-hybridized carbons (Fsp3) is 0.459. The number of hydrogen-bond acceptors (Lipinski definition) is 16. The molecule has 1 saturated carbocycles. The van der Waals surface area contributed by atoms with Crippen LogP contribution in [0.15, 0.2) is 79.0 Å². The average molecular weight is 1160 g/mol. The highest BCUT2D eigenvalue weighted by Crippen LogP contribution is 2.57. The minimum atomic E-state index is -1.47. The number of carbonyl (C=O) groups excluding carboxylic acids is 7. The molecule has 0 aromatic heterocycles. The van der Waals surface area contributed by atoms with Crippen LogP contribution in [0.25, 0.3) is 5.57 Å². The van der Waals surface area contributed by atoms with Crippen molar-refractivity contribution in [3.05, 3.63) is 101 Å². The maximum atomic E-state index is 14.5. The number of methoxy groups -OCH3 is 3. The fourth-order valence-electron chi connectivity index (χ4n) is 11.8. The summed E-state index contributed by atoms with van der Waals surface area (Å²) in [5, 5.41) is 23.8. The van der Waals surface area contributed by atoms with E-state index in [0.717, 1.165) is 34.6 Å². The van der Waals surface area contributed by atoms with Crippen molar-refractivity contribution in [1.82, 2.24) is 25.3 Å². The van der Waals surface area contributed by atoms with Crippen LogP contribution in [-0.2, 0) is 30.5 Å². The van der Waals surface area contributed by atoms with Crippen LogP contribution in [0.3, 0.4) is 0 Å². The van der Waals surface area contributed by atoms with Crippen molar-refractivity contribution < 1.29 is 67.1 Å². The Hall–Kier alpha value is -8.57. The van der Waals surface area contributed by atoms with Gasteiger partial charge in [-0.2, -0.15) is 0 Å². The van der Waals surface area contributed by atoms with Gasteiger partial charge in [0.1, 0.15) is 24.4 Å². The maximum Gasteiger partial charge on any atom is 0.416 e. The normalized spacial score (nSPS) is 20.3. The Labute approximate surface area is 487 Å². The van der Waals surface area contributed by atoms with Gasteiger partial charge in [-0.25, -0.2) is 9.69 Å². The zero-order valence-corrected chi connectivity index (χ0v) is 47.9. The highest BCUT2D eigenvalue weighted by molar-refractivity contribution is 6.06. The number of hydrogen-bond donors (Lipinski definition) is 6. The number of nitrogens with two attached hydrogens (primary N) is 1. The van der Waals surface area contributed by atoms with Gasteiger partial charge in [-0.3, -0.25) is 28.8 Å². The van der Waals surface area contributed by atoms with Gasteiger partial charge >= 0.3 is 6.09 Å². The number of likely N-dealkylation sites (tertiary alicyclic amines) is 1. The van der Waals surface area contributed by atoms with Gasteiger partial charge in [-0.15, -0.1) is 0 Å². The van der Waals surface area contributed by atoms with Gasteiger partial charge in [0.25, 0.3) is 11.8 Å². The predicted octanol–water partition coefficient (Wildman–Crippen LogP) is 5.25. The molecule has 7 N–H and O–H groups in total. The van der Waals surface area contributed by atoms with Gasteiger partial charge in [-0.05, 0) is 109 Å². The Balaban J connectivity index is 0.780. The van der Waals surface area contributed by atoms with E-state index in [4.69, 9.17) is 34.2 Å². The average Bonchev–Trinajstić information content (AvgIpc) is 2.03. The molecule has 10 rings (SSSR count). The quantitative estimate of drug-likeness (QED) is 0.0582. The first kappa shape index (κ1) is 58.6.